The number of halogens is 3. The second-order valence-electron chi connectivity index (χ2n) is 6.70. The van der Waals surface area contributed by atoms with Crippen molar-refractivity contribution in [1.29, 1.82) is 0 Å². The van der Waals surface area contributed by atoms with Crippen molar-refractivity contribution in [2.75, 3.05) is 11.1 Å². The van der Waals surface area contributed by atoms with Crippen molar-refractivity contribution in [2.24, 2.45) is 0 Å². The number of amides is 1. The van der Waals surface area contributed by atoms with Gasteiger partial charge in [0, 0.05) is 34.1 Å². The molecule has 0 atom stereocenters. The zero-order valence-electron chi connectivity index (χ0n) is 16.5. The highest BCUT2D eigenvalue weighted by Gasteiger charge is 2.10. The Labute approximate surface area is 197 Å². The van der Waals surface area contributed by atoms with E-state index in [0.29, 0.717) is 33.3 Å². The second kappa shape index (κ2) is 10.1. The normalized spacial score (nSPS) is 10.8. The smallest absolute Gasteiger partial charge is 0.236 e. The summed E-state index contributed by atoms with van der Waals surface area (Å²) in [5.74, 6) is -0.00190. The third-order valence-corrected chi connectivity index (χ3v) is 5.81. The number of thioether (sulfide) groups is 1. The van der Waals surface area contributed by atoms with Gasteiger partial charge < -0.3 is 5.32 Å². The van der Waals surface area contributed by atoms with Crippen molar-refractivity contribution in [3.63, 3.8) is 0 Å². The van der Waals surface area contributed by atoms with Crippen LogP contribution in [0.25, 0.3) is 11.3 Å². The lowest BCUT2D eigenvalue weighted by molar-refractivity contribution is -0.113. The molecule has 0 saturated heterocycles. The number of rotatable bonds is 7. The summed E-state index contributed by atoms with van der Waals surface area (Å²) in [5, 5.41) is 8.67. The number of carbonyl (C=O) groups excluding carboxylic acids is 1. The summed E-state index contributed by atoms with van der Waals surface area (Å²) < 4.78 is 14.8. The molecule has 0 aliphatic heterocycles. The fraction of sp³-hybridized carbons (Fsp3) is 0.0909. The number of carbonyl (C=O) groups is 1. The topological polar surface area (TPSA) is 72.7 Å². The fourth-order valence-electron chi connectivity index (χ4n) is 2.84. The third kappa shape index (κ3) is 5.85. The van der Waals surface area contributed by atoms with Crippen LogP contribution in [0.1, 0.15) is 5.56 Å². The third-order valence-electron chi connectivity index (χ3n) is 4.36. The molecule has 4 aromatic rings. The monoisotopic (exact) mass is 487 g/mol. The lowest BCUT2D eigenvalue weighted by atomic mass is 10.1. The van der Waals surface area contributed by atoms with Crippen LogP contribution in [-0.2, 0) is 11.3 Å². The molecule has 0 radical (unpaired) electrons. The van der Waals surface area contributed by atoms with E-state index >= 15 is 0 Å². The molecule has 1 N–H and O–H groups in total. The van der Waals surface area contributed by atoms with E-state index in [1.807, 2.05) is 6.07 Å². The first-order valence-corrected chi connectivity index (χ1v) is 11.2. The Kier molecular flexibility index (Phi) is 7.04. The van der Waals surface area contributed by atoms with E-state index in [2.05, 4.69) is 20.4 Å². The number of hydrogen-bond acceptors (Lipinski definition) is 5. The molecule has 2 aromatic carbocycles. The van der Waals surface area contributed by atoms with Crippen LogP contribution in [-0.4, -0.2) is 31.4 Å². The fourth-order valence-corrected chi connectivity index (χ4v) is 3.94. The van der Waals surface area contributed by atoms with Gasteiger partial charge in [-0.1, -0.05) is 41.0 Å². The molecule has 0 saturated carbocycles. The van der Waals surface area contributed by atoms with Gasteiger partial charge in [0.15, 0.2) is 11.0 Å². The number of benzene rings is 2. The minimum atomic E-state index is -0.312. The molecule has 2 aromatic heterocycles. The molecule has 10 heteroatoms. The number of aromatic nitrogens is 4. The summed E-state index contributed by atoms with van der Waals surface area (Å²) in [6.07, 6.45) is 3.36. The van der Waals surface area contributed by atoms with E-state index < -0.39 is 0 Å². The largest absolute Gasteiger partial charge is 0.308 e. The highest BCUT2D eigenvalue weighted by atomic mass is 35.5. The molecule has 0 spiro atoms. The Morgan fingerprint density at radius 2 is 1.91 bits per heavy atom. The molecule has 0 fully saturated rings. The Balaban J connectivity index is 1.33. The van der Waals surface area contributed by atoms with Gasteiger partial charge in [-0.05, 0) is 48.0 Å². The van der Waals surface area contributed by atoms with Crippen molar-refractivity contribution >= 4 is 46.7 Å². The predicted molar refractivity (Wildman–Crippen MR) is 125 cm³/mol. The zero-order valence-corrected chi connectivity index (χ0v) is 18.8. The van der Waals surface area contributed by atoms with E-state index in [9.17, 15) is 9.18 Å². The summed E-state index contributed by atoms with van der Waals surface area (Å²) in [5.41, 5.74) is 2.29. The van der Waals surface area contributed by atoms with Crippen LogP contribution in [0, 0.1) is 5.82 Å². The molecule has 0 bridgehead atoms. The van der Waals surface area contributed by atoms with Gasteiger partial charge in [0.05, 0.1) is 18.0 Å². The van der Waals surface area contributed by atoms with Gasteiger partial charge in [-0.25, -0.2) is 14.4 Å². The molecule has 0 unspecified atom stereocenters. The minimum Gasteiger partial charge on any atom is -0.308 e. The van der Waals surface area contributed by atoms with Crippen LogP contribution in [0.5, 0.6) is 0 Å². The Morgan fingerprint density at radius 1 is 1.09 bits per heavy atom. The second-order valence-corrected chi connectivity index (χ2v) is 8.49. The number of nitrogens with one attached hydrogen (secondary N) is 1. The van der Waals surface area contributed by atoms with Gasteiger partial charge in [-0.15, -0.1) is 0 Å². The lowest BCUT2D eigenvalue weighted by Gasteiger charge is -2.06. The number of hydrogen-bond donors (Lipinski definition) is 1. The van der Waals surface area contributed by atoms with Crippen molar-refractivity contribution in [3.8, 4) is 11.3 Å². The van der Waals surface area contributed by atoms with Crippen molar-refractivity contribution in [1.82, 2.24) is 19.7 Å². The van der Waals surface area contributed by atoms with Gasteiger partial charge in [0.25, 0.3) is 0 Å². The molecule has 4 rings (SSSR count). The van der Waals surface area contributed by atoms with E-state index in [4.69, 9.17) is 23.2 Å². The molecule has 0 aliphatic rings. The summed E-state index contributed by atoms with van der Waals surface area (Å²) in [4.78, 5) is 20.9. The SMILES string of the molecule is O=C(CSc1nccc(-c2ccc(F)cc2)n1)Nc1ccn(Cc2ccc(Cl)cc2Cl)n1. The van der Waals surface area contributed by atoms with Gasteiger partial charge >= 0.3 is 0 Å². The van der Waals surface area contributed by atoms with Gasteiger partial charge in [-0.2, -0.15) is 5.10 Å². The highest BCUT2D eigenvalue weighted by Crippen LogP contribution is 2.23. The minimum absolute atomic E-state index is 0.114. The van der Waals surface area contributed by atoms with Crippen LogP contribution >= 0.6 is 35.0 Å². The number of nitrogens with zero attached hydrogens (tertiary/aromatic N) is 4. The first kappa shape index (κ1) is 22.3. The number of anilines is 1. The molecule has 0 aliphatic carbocycles. The summed E-state index contributed by atoms with van der Waals surface area (Å²) >= 11 is 13.3. The average molecular weight is 488 g/mol. The first-order valence-electron chi connectivity index (χ1n) is 9.45. The molecule has 32 heavy (non-hydrogen) atoms. The van der Waals surface area contributed by atoms with Crippen molar-refractivity contribution in [2.45, 2.75) is 11.7 Å². The lowest BCUT2D eigenvalue weighted by Crippen LogP contribution is -2.15. The van der Waals surface area contributed by atoms with E-state index in [1.54, 1.807) is 53.5 Å². The average Bonchev–Trinajstić information content (AvgIpc) is 3.22. The van der Waals surface area contributed by atoms with Crippen molar-refractivity contribution in [3.05, 3.63) is 88.4 Å². The van der Waals surface area contributed by atoms with Gasteiger partial charge in [0.1, 0.15) is 5.82 Å². The maximum Gasteiger partial charge on any atom is 0.236 e. The van der Waals surface area contributed by atoms with Crippen LogP contribution in [0.2, 0.25) is 10.0 Å². The molecular formula is C22H16Cl2FN5OS. The molecule has 1 amide bonds. The van der Waals surface area contributed by atoms with Crippen LogP contribution in [0.4, 0.5) is 10.2 Å². The van der Waals surface area contributed by atoms with Gasteiger partial charge in [0.2, 0.25) is 5.91 Å². The molecular weight excluding hydrogens is 472 g/mol. The van der Waals surface area contributed by atoms with Crippen LogP contribution in [0.3, 0.4) is 0 Å². The van der Waals surface area contributed by atoms with Crippen molar-refractivity contribution < 1.29 is 9.18 Å². The Bertz CT molecular complexity index is 1250. The molecule has 2 heterocycles. The van der Waals surface area contributed by atoms with E-state index in [1.165, 1.54) is 23.9 Å². The summed E-state index contributed by atoms with van der Waals surface area (Å²) in [7, 11) is 0. The maximum absolute atomic E-state index is 13.1. The summed E-state index contributed by atoms with van der Waals surface area (Å²) in [6, 6.07) is 14.7. The first-order chi connectivity index (χ1) is 15.5. The van der Waals surface area contributed by atoms with E-state index in [-0.39, 0.29) is 17.5 Å². The zero-order chi connectivity index (χ0) is 22.5. The quantitative estimate of drug-likeness (QED) is 0.272. The van der Waals surface area contributed by atoms with E-state index in [0.717, 1.165) is 11.1 Å². The predicted octanol–water partition coefficient (Wildman–Crippen LogP) is 5.57. The Hall–Kier alpha value is -2.94. The standard InChI is InChI=1S/C22H16Cl2FN5OS/c23-16-4-1-15(18(24)11-16)12-30-10-8-20(29-30)28-21(31)13-32-22-26-9-7-19(27-22)14-2-5-17(25)6-3-14/h1-11H,12-13H2,(H,28,29,31). The molecule has 162 valence electrons. The van der Waals surface area contributed by atoms with Gasteiger partial charge in [-0.3, -0.25) is 9.48 Å². The molecule has 6 nitrogen and oxygen atoms in total. The van der Waals surface area contributed by atoms with Crippen LogP contribution < -0.4 is 5.32 Å². The maximum atomic E-state index is 13.1. The van der Waals surface area contributed by atoms with Crippen LogP contribution in [0.15, 0.2) is 72.1 Å². The summed E-state index contributed by atoms with van der Waals surface area (Å²) in [6.45, 7) is 0.449. The Morgan fingerprint density at radius 3 is 2.69 bits per heavy atom. The highest BCUT2D eigenvalue weighted by molar-refractivity contribution is 7.99.